The van der Waals surface area contributed by atoms with E-state index in [1.165, 1.54) is 11.9 Å². The number of nitrogens with one attached hydrogen (secondary N) is 2. The van der Waals surface area contributed by atoms with Crippen LogP contribution in [0.4, 0.5) is 21.9 Å². The summed E-state index contributed by atoms with van der Waals surface area (Å²) in [5.74, 6) is 0. The van der Waals surface area contributed by atoms with Crippen LogP contribution in [0.1, 0.15) is 0 Å². The molecule has 4 aromatic carbocycles. The summed E-state index contributed by atoms with van der Waals surface area (Å²) in [4.78, 5) is 32.9. The number of halogens is 2. The minimum Gasteiger partial charge on any atom is -0.349 e. The molecule has 0 heterocycles. The van der Waals surface area contributed by atoms with Gasteiger partial charge in [-0.05, 0) is 54.4 Å². The molecule has 174 valence electrons. The summed E-state index contributed by atoms with van der Waals surface area (Å²) in [7, 11) is -2.22. The van der Waals surface area contributed by atoms with Crippen molar-refractivity contribution in [3.05, 3.63) is 95.0 Å². The summed E-state index contributed by atoms with van der Waals surface area (Å²) in [6.07, 6.45) is -0.00457. The molecule has 0 spiro atoms. The van der Waals surface area contributed by atoms with Crippen molar-refractivity contribution in [3.63, 3.8) is 0 Å². The highest BCUT2D eigenvalue weighted by Crippen LogP contribution is 2.41. The number of nitrogens with zero attached hydrogens (tertiary/aromatic N) is 1. The van der Waals surface area contributed by atoms with E-state index in [4.69, 9.17) is 23.2 Å². The fraction of sp³-hybridized carbons (Fsp3) is 0.0417. The van der Waals surface area contributed by atoms with E-state index in [2.05, 4.69) is 10.6 Å². The van der Waals surface area contributed by atoms with Gasteiger partial charge in [-0.15, -0.1) is 0 Å². The number of hydrogen-bond acceptors (Lipinski definition) is 5. The molecular formula is C24H20Cl2N3O3PS. The molecule has 0 radical (unpaired) electrons. The maximum Gasteiger partial charge on any atom is 0.323 e. The molecule has 0 saturated heterocycles. The molecule has 0 bridgehead atoms. The number of benzene rings is 4. The van der Waals surface area contributed by atoms with Crippen LogP contribution >= 0.6 is 43.5 Å². The molecule has 2 amide bonds. The van der Waals surface area contributed by atoms with Gasteiger partial charge < -0.3 is 24.7 Å². The maximum absolute atomic E-state index is 12.6. The molecule has 0 saturated carbocycles. The van der Waals surface area contributed by atoms with Gasteiger partial charge in [-0.2, -0.15) is 0 Å². The number of amides is 2. The van der Waals surface area contributed by atoms with Crippen molar-refractivity contribution in [2.75, 3.05) is 21.2 Å². The summed E-state index contributed by atoms with van der Waals surface area (Å²) in [6.45, 7) is 0. The molecular weight excluding hydrogens is 512 g/mol. The zero-order chi connectivity index (χ0) is 24.1. The van der Waals surface area contributed by atoms with Gasteiger partial charge in [0, 0.05) is 31.4 Å². The fourth-order valence-electron chi connectivity index (χ4n) is 3.40. The van der Waals surface area contributed by atoms with Gasteiger partial charge in [0.05, 0.1) is 17.7 Å². The number of rotatable bonds is 7. The quantitative estimate of drug-likeness (QED) is 0.146. The highest BCUT2D eigenvalue weighted by atomic mass is 35.5. The van der Waals surface area contributed by atoms with Crippen molar-refractivity contribution in [2.45, 2.75) is 4.90 Å². The molecule has 0 atom stereocenters. The number of fused-ring (bicyclic) bond motifs is 1. The minimum atomic E-state index is -2.22. The zero-order valence-electron chi connectivity index (χ0n) is 17.7. The number of carbonyl (C=O) groups is 1. The second-order valence-corrected chi connectivity index (χ2v) is 10.2. The third kappa shape index (κ3) is 6.33. The van der Waals surface area contributed by atoms with E-state index in [9.17, 15) is 14.6 Å². The molecule has 10 heteroatoms. The average Bonchev–Trinajstić information content (AvgIpc) is 2.78. The van der Waals surface area contributed by atoms with Crippen molar-refractivity contribution >= 4 is 77.4 Å². The number of para-hydroxylation sites is 1. The predicted molar refractivity (Wildman–Crippen MR) is 144 cm³/mol. The number of urea groups is 1. The Bertz CT molecular complexity index is 1290. The van der Waals surface area contributed by atoms with Gasteiger partial charge in [-0.25, -0.2) is 4.79 Å². The minimum absolute atomic E-state index is 0.00457. The number of hydrogen-bond donors (Lipinski definition) is 4. The lowest BCUT2D eigenvalue weighted by Crippen LogP contribution is -2.19. The van der Waals surface area contributed by atoms with E-state index in [1.54, 1.807) is 34.6 Å². The molecule has 0 aliphatic carbocycles. The van der Waals surface area contributed by atoms with E-state index in [-0.39, 0.29) is 12.3 Å². The Balaban J connectivity index is 1.66. The molecule has 4 rings (SSSR count). The van der Waals surface area contributed by atoms with Gasteiger partial charge in [0.1, 0.15) is 0 Å². The molecule has 0 fully saturated rings. The van der Waals surface area contributed by atoms with Crippen LogP contribution in [0, 0.1) is 0 Å². The second kappa shape index (κ2) is 11.3. The molecule has 0 aromatic heterocycles. The van der Waals surface area contributed by atoms with Crippen molar-refractivity contribution in [3.8, 4) is 0 Å². The third-order valence-electron chi connectivity index (χ3n) is 4.75. The molecule has 0 aliphatic rings. The molecule has 0 aliphatic heterocycles. The molecule has 4 aromatic rings. The second-order valence-electron chi connectivity index (χ2n) is 7.21. The van der Waals surface area contributed by atoms with Crippen molar-refractivity contribution in [2.24, 2.45) is 0 Å². The summed E-state index contributed by atoms with van der Waals surface area (Å²) in [5, 5.41) is 8.31. The van der Waals surface area contributed by atoms with Crippen LogP contribution in [-0.2, 0) is 0 Å². The van der Waals surface area contributed by atoms with Crippen LogP contribution < -0.4 is 14.9 Å². The van der Waals surface area contributed by atoms with Crippen LogP contribution in [0.2, 0.25) is 10.0 Å². The van der Waals surface area contributed by atoms with Gasteiger partial charge >= 0.3 is 6.03 Å². The van der Waals surface area contributed by atoms with Crippen LogP contribution in [0.3, 0.4) is 0 Å². The highest BCUT2D eigenvalue weighted by molar-refractivity contribution is 8.01. The Kier molecular flexibility index (Phi) is 8.16. The standard InChI is InChI=1S/C24H20Cl2N3O3PS/c25-16-12-17(26)14-19(13-16)34-29(15-33(31)32)23-11-5-8-20-21(23)9-4-10-22(20)28-24(30)27-18-6-2-1-3-7-18/h1-14,31-32H,15H2,(H2,27,28,30). The Labute approximate surface area is 212 Å². The first-order valence-electron chi connectivity index (χ1n) is 10.1. The van der Waals surface area contributed by atoms with Gasteiger partial charge in [0.25, 0.3) is 0 Å². The smallest absolute Gasteiger partial charge is 0.323 e. The van der Waals surface area contributed by atoms with Crippen molar-refractivity contribution in [1.82, 2.24) is 0 Å². The molecule has 4 N–H and O–H groups in total. The van der Waals surface area contributed by atoms with E-state index in [0.717, 1.165) is 21.4 Å². The fourth-order valence-corrected chi connectivity index (χ4v) is 5.85. The lowest BCUT2D eigenvalue weighted by atomic mass is 10.1. The maximum atomic E-state index is 12.6. The topological polar surface area (TPSA) is 84.8 Å². The summed E-state index contributed by atoms with van der Waals surface area (Å²) in [5.41, 5.74) is 2.06. The first-order valence-corrected chi connectivity index (χ1v) is 13.1. The lowest BCUT2D eigenvalue weighted by molar-refractivity contribution is 0.262. The van der Waals surface area contributed by atoms with Crippen LogP contribution in [0.5, 0.6) is 0 Å². The number of carbonyl (C=O) groups excluding carboxylic acids is 1. The molecule has 34 heavy (non-hydrogen) atoms. The van der Waals surface area contributed by atoms with Crippen molar-refractivity contribution in [1.29, 1.82) is 0 Å². The Morgan fingerprint density at radius 3 is 2.24 bits per heavy atom. The Morgan fingerprint density at radius 2 is 1.53 bits per heavy atom. The largest absolute Gasteiger partial charge is 0.349 e. The number of anilines is 3. The zero-order valence-corrected chi connectivity index (χ0v) is 20.9. The summed E-state index contributed by atoms with van der Waals surface area (Å²) < 4.78 is 1.78. The van der Waals surface area contributed by atoms with Crippen LogP contribution in [0.15, 0.2) is 89.8 Å². The van der Waals surface area contributed by atoms with Gasteiger partial charge in [-0.3, -0.25) is 0 Å². The SMILES string of the molecule is O=C(Nc1ccccc1)Nc1cccc2c(N(CP(O)O)Sc3cc(Cl)cc(Cl)c3)cccc12. The van der Waals surface area contributed by atoms with Gasteiger partial charge in [0.15, 0.2) is 8.38 Å². The van der Waals surface area contributed by atoms with E-state index >= 15 is 0 Å². The Morgan fingerprint density at radius 1 is 0.853 bits per heavy atom. The van der Waals surface area contributed by atoms with Crippen molar-refractivity contribution < 1.29 is 14.6 Å². The molecule has 6 nitrogen and oxygen atoms in total. The normalized spacial score (nSPS) is 11.0. The van der Waals surface area contributed by atoms with E-state index in [1.807, 2.05) is 54.6 Å². The van der Waals surface area contributed by atoms with Gasteiger partial charge in [-0.1, -0.05) is 65.7 Å². The Hall–Kier alpha value is -2.51. The third-order valence-corrected chi connectivity index (χ3v) is 6.91. The van der Waals surface area contributed by atoms with Crippen LogP contribution in [-0.4, -0.2) is 22.1 Å². The lowest BCUT2D eigenvalue weighted by Gasteiger charge is -2.25. The monoisotopic (exact) mass is 531 g/mol. The summed E-state index contributed by atoms with van der Waals surface area (Å²) >= 11 is 13.6. The first kappa shape index (κ1) is 24.6. The van der Waals surface area contributed by atoms with E-state index in [0.29, 0.717) is 21.4 Å². The highest BCUT2D eigenvalue weighted by Gasteiger charge is 2.18. The van der Waals surface area contributed by atoms with E-state index < -0.39 is 8.38 Å². The van der Waals surface area contributed by atoms with Crippen LogP contribution in [0.25, 0.3) is 10.8 Å². The summed E-state index contributed by atoms with van der Waals surface area (Å²) in [6, 6.07) is 25.2. The molecule has 0 unspecified atom stereocenters. The predicted octanol–water partition coefficient (Wildman–Crippen LogP) is 7.56. The first-order chi connectivity index (χ1) is 16.4. The average molecular weight is 532 g/mol. The van der Waals surface area contributed by atoms with Gasteiger partial charge in [0.2, 0.25) is 0 Å².